The van der Waals surface area contributed by atoms with Crippen molar-refractivity contribution in [2.24, 2.45) is 4.99 Å². The highest BCUT2D eigenvalue weighted by Crippen LogP contribution is 2.08. The average molecular weight is 508 g/mol. The lowest BCUT2D eigenvalue weighted by molar-refractivity contribution is 0.0948. The van der Waals surface area contributed by atoms with Crippen LogP contribution in [0.25, 0.3) is 0 Å². The Bertz CT molecular complexity index is 893. The zero-order valence-electron chi connectivity index (χ0n) is 16.2. The molecule has 0 fully saturated rings. The Hall–Kier alpha value is -2.75. The second-order valence-electron chi connectivity index (χ2n) is 6.09. The van der Waals surface area contributed by atoms with Crippen molar-refractivity contribution in [3.63, 3.8) is 0 Å². The van der Waals surface area contributed by atoms with Crippen LogP contribution in [0, 0.1) is 0 Å². The molecule has 0 aliphatic rings. The van der Waals surface area contributed by atoms with Gasteiger partial charge in [0.2, 0.25) is 0 Å². The van der Waals surface area contributed by atoms with E-state index < -0.39 is 0 Å². The van der Waals surface area contributed by atoms with Crippen LogP contribution >= 0.6 is 24.0 Å². The Morgan fingerprint density at radius 3 is 2.24 bits per heavy atom. The molecule has 0 saturated carbocycles. The van der Waals surface area contributed by atoms with Crippen LogP contribution in [0.3, 0.4) is 0 Å². The first-order valence-electron chi connectivity index (χ1n) is 9.18. The maximum atomic E-state index is 12.3. The third kappa shape index (κ3) is 7.30. The molecule has 0 bridgehead atoms. The minimum absolute atomic E-state index is 0. The number of hydrogen-bond acceptors (Lipinski definition) is 4. The standard InChI is InChI=1S/C21H24N4O3.HI/c1-2-22-21(25-15-19-9-5-11-28-19)24-13-16-6-3-7-17(12-16)20(26)23-14-18-8-4-10-27-18;/h3-12H,2,13-15H2,1H3,(H,23,26)(H2,22,24,25);1H. The predicted octanol–water partition coefficient (Wildman–Crippen LogP) is 3.68. The molecule has 0 radical (unpaired) electrons. The van der Waals surface area contributed by atoms with Crippen molar-refractivity contribution >= 4 is 35.8 Å². The van der Waals surface area contributed by atoms with Crippen molar-refractivity contribution < 1.29 is 13.6 Å². The summed E-state index contributed by atoms with van der Waals surface area (Å²) >= 11 is 0. The second kappa shape index (κ2) is 11.9. The van der Waals surface area contributed by atoms with Gasteiger partial charge in [0.25, 0.3) is 5.91 Å². The van der Waals surface area contributed by atoms with Gasteiger partial charge < -0.3 is 24.8 Å². The van der Waals surface area contributed by atoms with Crippen LogP contribution in [0.15, 0.2) is 74.9 Å². The average Bonchev–Trinajstić information content (AvgIpc) is 3.42. The lowest BCUT2D eigenvalue weighted by Gasteiger charge is -2.10. The number of furan rings is 2. The van der Waals surface area contributed by atoms with Crippen molar-refractivity contribution in [1.29, 1.82) is 0 Å². The summed E-state index contributed by atoms with van der Waals surface area (Å²) in [5, 5.41) is 9.26. The van der Waals surface area contributed by atoms with Crippen LogP contribution in [0.2, 0.25) is 0 Å². The first kappa shape index (κ1) is 22.5. The molecule has 1 amide bonds. The van der Waals surface area contributed by atoms with Gasteiger partial charge in [-0.05, 0) is 48.9 Å². The number of hydrogen-bond donors (Lipinski definition) is 3. The number of carbonyl (C=O) groups is 1. The number of halogens is 1. The van der Waals surface area contributed by atoms with Crippen LogP contribution < -0.4 is 16.0 Å². The van der Waals surface area contributed by atoms with Crippen LogP contribution in [-0.4, -0.2) is 18.4 Å². The van der Waals surface area contributed by atoms with Crippen molar-refractivity contribution in [1.82, 2.24) is 16.0 Å². The summed E-state index contributed by atoms with van der Waals surface area (Å²) in [5.74, 6) is 2.09. The van der Waals surface area contributed by atoms with Crippen LogP contribution in [0.5, 0.6) is 0 Å². The van der Waals surface area contributed by atoms with Gasteiger partial charge in [-0.2, -0.15) is 0 Å². The van der Waals surface area contributed by atoms with Gasteiger partial charge in [0, 0.05) is 12.1 Å². The van der Waals surface area contributed by atoms with Crippen LogP contribution in [0.4, 0.5) is 0 Å². The lowest BCUT2D eigenvalue weighted by Crippen LogP contribution is -2.36. The van der Waals surface area contributed by atoms with Gasteiger partial charge in [0.1, 0.15) is 11.5 Å². The molecule has 154 valence electrons. The normalized spacial score (nSPS) is 10.9. The fraction of sp³-hybridized carbons (Fsp3) is 0.238. The number of aliphatic imine (C=N–C) groups is 1. The molecule has 0 unspecified atom stereocenters. The first-order chi connectivity index (χ1) is 13.7. The number of nitrogens with one attached hydrogen (secondary N) is 3. The molecule has 3 N–H and O–H groups in total. The molecule has 3 aromatic rings. The third-order valence-electron chi connectivity index (χ3n) is 3.97. The highest BCUT2D eigenvalue weighted by atomic mass is 127. The Morgan fingerprint density at radius 1 is 0.931 bits per heavy atom. The molecule has 1 aromatic carbocycles. The summed E-state index contributed by atoms with van der Waals surface area (Å²) in [4.78, 5) is 16.9. The van der Waals surface area contributed by atoms with E-state index in [-0.39, 0.29) is 29.9 Å². The molecule has 0 saturated heterocycles. The van der Waals surface area contributed by atoms with Gasteiger partial charge in [0.15, 0.2) is 5.96 Å². The summed E-state index contributed by atoms with van der Waals surface area (Å²) in [7, 11) is 0. The van der Waals surface area contributed by atoms with Crippen LogP contribution in [0.1, 0.15) is 34.4 Å². The Balaban J connectivity index is 0.00000300. The molecule has 2 aromatic heterocycles. The maximum Gasteiger partial charge on any atom is 0.251 e. The Kier molecular flexibility index (Phi) is 9.29. The van der Waals surface area contributed by atoms with E-state index in [0.29, 0.717) is 36.9 Å². The molecule has 8 heteroatoms. The van der Waals surface area contributed by atoms with Gasteiger partial charge in [-0.15, -0.1) is 24.0 Å². The quantitative estimate of drug-likeness (QED) is 0.246. The number of amides is 1. The summed E-state index contributed by atoms with van der Waals surface area (Å²) < 4.78 is 10.5. The van der Waals surface area contributed by atoms with Crippen molar-refractivity contribution in [3.8, 4) is 0 Å². The van der Waals surface area contributed by atoms with Crippen molar-refractivity contribution in [3.05, 3.63) is 83.7 Å². The topological polar surface area (TPSA) is 91.8 Å². The highest BCUT2D eigenvalue weighted by Gasteiger charge is 2.07. The number of benzene rings is 1. The molecule has 0 atom stereocenters. The summed E-state index contributed by atoms with van der Waals surface area (Å²) in [5.41, 5.74) is 1.54. The van der Waals surface area contributed by atoms with Gasteiger partial charge in [-0.1, -0.05) is 12.1 Å². The van der Waals surface area contributed by atoms with Gasteiger partial charge in [-0.3, -0.25) is 4.79 Å². The van der Waals surface area contributed by atoms with Crippen LogP contribution in [-0.2, 0) is 19.6 Å². The van der Waals surface area contributed by atoms with E-state index in [1.54, 1.807) is 24.7 Å². The summed E-state index contributed by atoms with van der Waals surface area (Å²) in [6.07, 6.45) is 3.23. The Morgan fingerprint density at radius 2 is 1.62 bits per heavy atom. The second-order valence-corrected chi connectivity index (χ2v) is 6.09. The van der Waals surface area contributed by atoms with Gasteiger partial charge in [0.05, 0.1) is 32.2 Å². The zero-order valence-corrected chi connectivity index (χ0v) is 18.5. The molecule has 0 aliphatic carbocycles. The van der Waals surface area contributed by atoms with Crippen molar-refractivity contribution in [2.45, 2.75) is 26.6 Å². The molecular weight excluding hydrogens is 483 g/mol. The molecule has 0 spiro atoms. The van der Waals surface area contributed by atoms with Crippen molar-refractivity contribution in [2.75, 3.05) is 6.54 Å². The fourth-order valence-corrected chi connectivity index (χ4v) is 2.59. The monoisotopic (exact) mass is 508 g/mol. The SMILES string of the molecule is CCNC(=NCc1cccc(C(=O)NCc2ccco2)c1)NCc1ccco1.I. The van der Waals surface area contributed by atoms with E-state index in [4.69, 9.17) is 8.83 Å². The summed E-state index contributed by atoms with van der Waals surface area (Å²) in [6.45, 7) is 4.11. The van der Waals surface area contributed by atoms with Gasteiger partial charge >= 0.3 is 0 Å². The largest absolute Gasteiger partial charge is 0.467 e. The molecule has 29 heavy (non-hydrogen) atoms. The molecule has 3 rings (SSSR count). The van der Waals surface area contributed by atoms with E-state index in [9.17, 15) is 4.79 Å². The highest BCUT2D eigenvalue weighted by molar-refractivity contribution is 14.0. The number of nitrogens with zero attached hydrogens (tertiary/aromatic N) is 1. The van der Waals surface area contributed by atoms with E-state index in [1.807, 2.05) is 43.3 Å². The number of carbonyl (C=O) groups excluding carboxylic acids is 1. The molecular formula is C21H25IN4O3. The smallest absolute Gasteiger partial charge is 0.251 e. The number of rotatable bonds is 8. The lowest BCUT2D eigenvalue weighted by atomic mass is 10.1. The minimum Gasteiger partial charge on any atom is -0.467 e. The van der Waals surface area contributed by atoms with E-state index in [1.165, 1.54) is 0 Å². The van der Waals surface area contributed by atoms with E-state index >= 15 is 0 Å². The zero-order chi connectivity index (χ0) is 19.6. The minimum atomic E-state index is -0.148. The molecule has 7 nitrogen and oxygen atoms in total. The Labute approximate surface area is 187 Å². The molecule has 2 heterocycles. The number of guanidine groups is 1. The van der Waals surface area contributed by atoms with E-state index in [2.05, 4.69) is 20.9 Å². The van der Waals surface area contributed by atoms with Gasteiger partial charge in [-0.25, -0.2) is 4.99 Å². The summed E-state index contributed by atoms with van der Waals surface area (Å²) in [6, 6.07) is 14.8. The van der Waals surface area contributed by atoms with E-state index in [0.717, 1.165) is 17.9 Å². The predicted molar refractivity (Wildman–Crippen MR) is 122 cm³/mol. The third-order valence-corrected chi connectivity index (χ3v) is 3.97. The first-order valence-corrected chi connectivity index (χ1v) is 9.18. The molecule has 0 aliphatic heterocycles. The maximum absolute atomic E-state index is 12.3. The fourth-order valence-electron chi connectivity index (χ4n) is 2.59.